The van der Waals surface area contributed by atoms with Gasteiger partial charge in [-0.25, -0.2) is 4.98 Å². The van der Waals surface area contributed by atoms with Crippen LogP contribution in [0.25, 0.3) is 0 Å². The Kier molecular flexibility index (Phi) is 6.35. The first-order valence-electron chi connectivity index (χ1n) is 10.1. The Bertz CT molecular complexity index is 1030. The fraction of sp³-hybridized carbons (Fsp3) is 0.450. The highest BCUT2D eigenvalue weighted by molar-refractivity contribution is 7.13. The Morgan fingerprint density at radius 2 is 2.09 bits per heavy atom. The number of aromatic nitrogens is 1. The Morgan fingerprint density at radius 1 is 1.34 bits per heavy atom. The molecular weight excluding hydrogens is 438 g/mol. The minimum atomic E-state index is -0.565. The van der Waals surface area contributed by atoms with Crippen LogP contribution in [0.3, 0.4) is 0 Å². The number of carbonyl (C=O) groups excluding carboxylic acids is 2. The smallest absolute Gasteiger partial charge is 0.271 e. The quantitative estimate of drug-likeness (QED) is 0.511. The summed E-state index contributed by atoms with van der Waals surface area (Å²) in [5.74, 6) is -0.593. The Labute approximate surface area is 188 Å². The van der Waals surface area contributed by atoms with Gasteiger partial charge in [0.15, 0.2) is 11.7 Å². The van der Waals surface area contributed by atoms with Gasteiger partial charge in [-0.2, -0.15) is 0 Å². The van der Waals surface area contributed by atoms with Crippen molar-refractivity contribution in [3.05, 3.63) is 39.4 Å². The van der Waals surface area contributed by atoms with Crippen LogP contribution in [0.2, 0.25) is 0 Å². The van der Waals surface area contributed by atoms with Crippen LogP contribution in [0.1, 0.15) is 19.5 Å². The van der Waals surface area contributed by atoms with Crippen LogP contribution in [-0.4, -0.2) is 65.1 Å². The van der Waals surface area contributed by atoms with E-state index in [0.29, 0.717) is 17.4 Å². The van der Waals surface area contributed by atoms with Crippen LogP contribution in [0.4, 0.5) is 16.5 Å². The highest BCUT2D eigenvalue weighted by atomic mass is 32.1. The highest BCUT2D eigenvalue weighted by Gasteiger charge is 2.29. The summed E-state index contributed by atoms with van der Waals surface area (Å²) in [5.41, 5.74) is 0.847. The summed E-state index contributed by atoms with van der Waals surface area (Å²) < 4.78 is 11.1. The molecule has 1 N–H and O–H groups in total. The zero-order valence-electron chi connectivity index (χ0n) is 17.6. The number of nitrogens with zero attached hydrogens (tertiary/aromatic N) is 4. The molecule has 2 atom stereocenters. The summed E-state index contributed by atoms with van der Waals surface area (Å²) in [6.07, 6.45) is 0.308. The number of anilines is 2. The normalized spacial score (nSPS) is 21.1. The zero-order valence-corrected chi connectivity index (χ0v) is 18.5. The molecule has 0 bridgehead atoms. The van der Waals surface area contributed by atoms with Gasteiger partial charge in [0.25, 0.3) is 11.6 Å². The van der Waals surface area contributed by atoms with Crippen molar-refractivity contribution in [3.63, 3.8) is 0 Å². The number of nitrogens with one attached hydrogen (secondary N) is 1. The van der Waals surface area contributed by atoms with Gasteiger partial charge in [0.1, 0.15) is 12.3 Å². The second-order valence-electron chi connectivity index (χ2n) is 7.82. The number of ether oxygens (including phenoxy) is 2. The number of hydrogen-bond donors (Lipinski definition) is 1. The van der Waals surface area contributed by atoms with Gasteiger partial charge in [0.05, 0.1) is 28.5 Å². The fourth-order valence-electron chi connectivity index (χ4n) is 3.86. The maximum Gasteiger partial charge on any atom is 0.271 e. The van der Waals surface area contributed by atoms with Crippen molar-refractivity contribution >= 4 is 39.7 Å². The summed E-state index contributed by atoms with van der Waals surface area (Å²) in [7, 11) is 0. The Balaban J connectivity index is 1.40. The van der Waals surface area contributed by atoms with Crippen molar-refractivity contribution in [1.82, 2.24) is 9.88 Å². The van der Waals surface area contributed by atoms with Gasteiger partial charge < -0.3 is 14.8 Å². The Hall–Kier alpha value is -3.09. The standard InChI is InChI=1S/C20H23N5O6S/c1-12-6-23(7-13(2)31-12)8-14-11-32-20(21-14)22-18(26)9-24-16-5-15(25(28)29)3-4-17(16)30-10-19(24)27/h3-5,11-13H,6-10H2,1-2H3,(H,21,22,26)/t12-,13+. The van der Waals surface area contributed by atoms with Crippen LogP contribution >= 0.6 is 11.3 Å². The molecule has 1 saturated heterocycles. The molecule has 0 radical (unpaired) electrons. The second-order valence-corrected chi connectivity index (χ2v) is 8.68. The molecular formula is C20H23N5O6S. The number of rotatable bonds is 6. The minimum Gasteiger partial charge on any atom is -0.482 e. The number of fused-ring (bicyclic) bond motifs is 1. The third-order valence-electron chi connectivity index (χ3n) is 5.08. The lowest BCUT2D eigenvalue weighted by Gasteiger charge is -2.34. The van der Waals surface area contributed by atoms with Gasteiger partial charge in [0, 0.05) is 37.1 Å². The number of amides is 2. The van der Waals surface area contributed by atoms with Crippen molar-refractivity contribution in [2.45, 2.75) is 32.6 Å². The van der Waals surface area contributed by atoms with Crippen LogP contribution in [-0.2, 0) is 20.9 Å². The van der Waals surface area contributed by atoms with E-state index in [1.165, 1.54) is 34.4 Å². The molecule has 2 aromatic rings. The molecule has 11 nitrogen and oxygen atoms in total. The van der Waals surface area contributed by atoms with E-state index in [2.05, 4.69) is 15.2 Å². The molecule has 1 aromatic carbocycles. The molecule has 12 heteroatoms. The second kappa shape index (κ2) is 9.18. The predicted molar refractivity (Wildman–Crippen MR) is 117 cm³/mol. The lowest BCUT2D eigenvalue weighted by molar-refractivity contribution is -0.384. The number of non-ortho nitro benzene ring substituents is 1. The number of benzene rings is 1. The van der Waals surface area contributed by atoms with Crippen molar-refractivity contribution < 1.29 is 24.0 Å². The third-order valence-corrected chi connectivity index (χ3v) is 5.88. The average molecular weight is 462 g/mol. The number of nitro benzene ring substituents is 1. The summed E-state index contributed by atoms with van der Waals surface area (Å²) in [5, 5.41) is 16.1. The molecule has 170 valence electrons. The molecule has 2 aliphatic rings. The molecule has 4 rings (SSSR count). The van der Waals surface area contributed by atoms with E-state index in [-0.39, 0.29) is 36.7 Å². The van der Waals surface area contributed by atoms with Gasteiger partial charge in [-0.1, -0.05) is 0 Å². The van der Waals surface area contributed by atoms with Gasteiger partial charge >= 0.3 is 0 Å². The van der Waals surface area contributed by atoms with Gasteiger partial charge in [-0.05, 0) is 19.9 Å². The van der Waals surface area contributed by atoms with Crippen molar-refractivity contribution in [2.24, 2.45) is 0 Å². The maximum absolute atomic E-state index is 12.6. The van der Waals surface area contributed by atoms with Crippen LogP contribution in [0.5, 0.6) is 5.75 Å². The fourth-order valence-corrected chi connectivity index (χ4v) is 4.58. The van der Waals surface area contributed by atoms with Crippen LogP contribution in [0, 0.1) is 10.1 Å². The average Bonchev–Trinajstić information content (AvgIpc) is 3.15. The SMILES string of the molecule is C[C@@H]1CN(Cc2csc(NC(=O)CN3C(=O)COc4ccc([N+](=O)[O-])cc43)n2)C[C@H](C)O1. The number of hydrogen-bond acceptors (Lipinski definition) is 9. The highest BCUT2D eigenvalue weighted by Crippen LogP contribution is 2.35. The third kappa shape index (κ3) is 5.03. The van der Waals surface area contributed by atoms with Gasteiger partial charge in [0.2, 0.25) is 5.91 Å². The molecule has 2 amide bonds. The molecule has 2 aliphatic heterocycles. The first kappa shape index (κ1) is 22.1. The Morgan fingerprint density at radius 3 is 2.81 bits per heavy atom. The van der Waals surface area contributed by atoms with Gasteiger partial charge in [-0.15, -0.1) is 11.3 Å². The lowest BCUT2D eigenvalue weighted by Crippen LogP contribution is -2.44. The molecule has 0 saturated carbocycles. The van der Waals surface area contributed by atoms with E-state index in [1.54, 1.807) is 0 Å². The molecule has 0 aliphatic carbocycles. The molecule has 3 heterocycles. The van der Waals surface area contributed by atoms with Crippen molar-refractivity contribution in [1.29, 1.82) is 0 Å². The van der Waals surface area contributed by atoms with E-state index < -0.39 is 16.7 Å². The minimum absolute atomic E-state index is 0.154. The number of thiazole rings is 1. The van der Waals surface area contributed by atoms with E-state index >= 15 is 0 Å². The topological polar surface area (TPSA) is 127 Å². The van der Waals surface area contributed by atoms with Crippen LogP contribution < -0.4 is 15.0 Å². The lowest BCUT2D eigenvalue weighted by atomic mass is 10.2. The van der Waals surface area contributed by atoms with Crippen molar-refractivity contribution in [2.75, 3.05) is 36.5 Å². The zero-order chi connectivity index (χ0) is 22.8. The van der Waals surface area contributed by atoms with Crippen LogP contribution in [0.15, 0.2) is 23.6 Å². The summed E-state index contributed by atoms with van der Waals surface area (Å²) in [4.78, 5) is 43.4. The largest absolute Gasteiger partial charge is 0.482 e. The van der Waals surface area contributed by atoms with E-state index in [4.69, 9.17) is 9.47 Å². The number of nitro groups is 1. The molecule has 0 unspecified atom stereocenters. The van der Waals surface area contributed by atoms with Crippen molar-refractivity contribution in [3.8, 4) is 5.75 Å². The van der Waals surface area contributed by atoms with E-state index in [0.717, 1.165) is 18.8 Å². The molecule has 1 fully saturated rings. The first-order chi connectivity index (χ1) is 15.3. The summed E-state index contributed by atoms with van der Waals surface area (Å²) in [6, 6.07) is 3.94. The molecule has 0 spiro atoms. The monoisotopic (exact) mass is 461 g/mol. The first-order valence-corrected chi connectivity index (χ1v) is 11.0. The molecule has 1 aromatic heterocycles. The predicted octanol–water partition coefficient (Wildman–Crippen LogP) is 2.02. The maximum atomic E-state index is 12.6. The van der Waals surface area contributed by atoms with E-state index in [9.17, 15) is 19.7 Å². The van der Waals surface area contributed by atoms with Gasteiger partial charge in [-0.3, -0.25) is 29.5 Å². The molecule has 32 heavy (non-hydrogen) atoms. The summed E-state index contributed by atoms with van der Waals surface area (Å²) in [6.45, 7) is 5.82. The number of carbonyl (C=O) groups is 2. The number of morpholine rings is 1. The summed E-state index contributed by atoms with van der Waals surface area (Å²) >= 11 is 1.30. The van der Waals surface area contributed by atoms with E-state index in [1.807, 2.05) is 19.2 Å².